The van der Waals surface area contributed by atoms with Crippen molar-refractivity contribution in [1.29, 1.82) is 0 Å². The Bertz CT molecular complexity index is 759. The van der Waals surface area contributed by atoms with E-state index in [4.69, 9.17) is 9.05 Å². The summed E-state index contributed by atoms with van der Waals surface area (Å²) in [5, 5.41) is 0.129. The monoisotopic (exact) mass is 372 g/mol. The molecule has 1 aromatic carbocycles. The van der Waals surface area contributed by atoms with Crippen molar-refractivity contribution in [2.45, 2.75) is 19.4 Å². The third kappa shape index (κ3) is 4.15. The van der Waals surface area contributed by atoms with E-state index in [0.29, 0.717) is 0 Å². The highest BCUT2D eigenvalue weighted by atomic mass is 31.2. The maximum Gasteiger partial charge on any atom is 0.362 e. The Balaban J connectivity index is 2.57. The van der Waals surface area contributed by atoms with Crippen molar-refractivity contribution in [2.75, 3.05) is 20.8 Å². The number of halogens is 1. The van der Waals surface area contributed by atoms with E-state index in [1.165, 1.54) is 20.3 Å². The number of esters is 2. The van der Waals surface area contributed by atoms with Crippen molar-refractivity contribution in [3.63, 3.8) is 0 Å². The van der Waals surface area contributed by atoms with Gasteiger partial charge in [0, 0.05) is 11.6 Å². The van der Waals surface area contributed by atoms with E-state index >= 15 is 0 Å². The number of rotatable bonds is 6. The SMILES string of the molecule is CCOP1(=O)OC(CC(=O)OC)c2cc(F)cc(/C=C/C(=O)OC)c21. The van der Waals surface area contributed by atoms with E-state index in [0.717, 1.165) is 18.2 Å². The fourth-order valence-electron chi connectivity index (χ4n) is 2.48. The first-order chi connectivity index (χ1) is 11.8. The van der Waals surface area contributed by atoms with E-state index in [-0.39, 0.29) is 29.5 Å². The van der Waals surface area contributed by atoms with Crippen molar-refractivity contribution in [2.24, 2.45) is 0 Å². The Morgan fingerprint density at radius 1 is 1.32 bits per heavy atom. The number of methoxy groups -OCH3 is 2. The first-order valence-corrected chi connectivity index (χ1v) is 8.98. The predicted molar refractivity (Wildman–Crippen MR) is 86.8 cm³/mol. The molecule has 1 aromatic rings. The van der Waals surface area contributed by atoms with Gasteiger partial charge in [-0.15, -0.1) is 0 Å². The van der Waals surface area contributed by atoms with Gasteiger partial charge in [0.1, 0.15) is 11.9 Å². The summed E-state index contributed by atoms with van der Waals surface area (Å²) in [6.45, 7) is 1.71. The summed E-state index contributed by atoms with van der Waals surface area (Å²) in [5.41, 5.74) is 0.385. The standard InChI is InChI=1S/C16H18FO7P/c1-4-23-25(20)16-10(5-6-14(18)21-2)7-11(17)8-12(16)13(24-25)9-15(19)22-3/h5-8,13H,4,9H2,1-3H3/b6-5+. The molecule has 0 fully saturated rings. The molecule has 2 unspecified atom stereocenters. The van der Waals surface area contributed by atoms with Crippen LogP contribution < -0.4 is 5.30 Å². The molecule has 0 spiro atoms. The summed E-state index contributed by atoms with van der Waals surface area (Å²) in [7, 11) is -1.38. The van der Waals surface area contributed by atoms with Gasteiger partial charge in [0.25, 0.3) is 0 Å². The molecule has 9 heteroatoms. The van der Waals surface area contributed by atoms with Crippen LogP contribution in [0.25, 0.3) is 6.08 Å². The maximum absolute atomic E-state index is 14.0. The quantitative estimate of drug-likeness (QED) is 0.431. The van der Waals surface area contributed by atoms with Crippen LogP contribution in [-0.4, -0.2) is 32.8 Å². The second-order valence-corrected chi connectivity index (χ2v) is 6.99. The lowest BCUT2D eigenvalue weighted by Crippen LogP contribution is -2.13. The second-order valence-electron chi connectivity index (χ2n) is 5.08. The zero-order chi connectivity index (χ0) is 18.6. The lowest BCUT2D eigenvalue weighted by molar-refractivity contribution is -0.142. The first kappa shape index (κ1) is 19.3. The van der Waals surface area contributed by atoms with Crippen LogP contribution in [0.3, 0.4) is 0 Å². The molecule has 0 aliphatic carbocycles. The third-order valence-corrected chi connectivity index (χ3v) is 5.69. The number of benzene rings is 1. The highest BCUT2D eigenvalue weighted by Crippen LogP contribution is 2.59. The van der Waals surface area contributed by atoms with Crippen LogP contribution in [0.2, 0.25) is 0 Å². The smallest absolute Gasteiger partial charge is 0.362 e. The Morgan fingerprint density at radius 2 is 2.04 bits per heavy atom. The van der Waals surface area contributed by atoms with Gasteiger partial charge in [-0.1, -0.05) is 0 Å². The van der Waals surface area contributed by atoms with Crippen molar-refractivity contribution >= 4 is 30.9 Å². The zero-order valence-electron chi connectivity index (χ0n) is 14.0. The van der Waals surface area contributed by atoms with E-state index < -0.39 is 31.5 Å². The second kappa shape index (κ2) is 7.91. The van der Waals surface area contributed by atoms with E-state index in [1.54, 1.807) is 6.92 Å². The van der Waals surface area contributed by atoms with Crippen LogP contribution in [0.1, 0.15) is 30.6 Å². The van der Waals surface area contributed by atoms with Crippen LogP contribution >= 0.6 is 7.60 Å². The molecule has 0 bridgehead atoms. The highest BCUT2D eigenvalue weighted by Gasteiger charge is 2.45. The van der Waals surface area contributed by atoms with Crippen molar-refractivity contribution in [1.82, 2.24) is 0 Å². The molecule has 2 rings (SSSR count). The van der Waals surface area contributed by atoms with E-state index in [2.05, 4.69) is 9.47 Å². The molecule has 1 aliphatic rings. The zero-order valence-corrected chi connectivity index (χ0v) is 14.9. The molecule has 0 aromatic heterocycles. The van der Waals surface area contributed by atoms with Gasteiger partial charge in [0.05, 0.1) is 32.6 Å². The summed E-state index contributed by atoms with van der Waals surface area (Å²) in [4.78, 5) is 22.9. The van der Waals surface area contributed by atoms with Gasteiger partial charge >= 0.3 is 19.5 Å². The summed E-state index contributed by atoms with van der Waals surface area (Å²) >= 11 is 0. The number of carbonyl (C=O) groups is 2. The summed E-state index contributed by atoms with van der Waals surface area (Å²) in [6.07, 6.45) is 1.12. The van der Waals surface area contributed by atoms with Gasteiger partial charge in [-0.3, -0.25) is 13.9 Å². The van der Waals surface area contributed by atoms with Gasteiger partial charge in [-0.05, 0) is 30.7 Å². The van der Waals surface area contributed by atoms with Crippen molar-refractivity contribution in [3.8, 4) is 0 Å². The Kier molecular flexibility index (Phi) is 6.11. The minimum absolute atomic E-state index is 0.0825. The Morgan fingerprint density at radius 3 is 2.64 bits per heavy atom. The van der Waals surface area contributed by atoms with Gasteiger partial charge in [0.15, 0.2) is 0 Å². The lowest BCUT2D eigenvalue weighted by atomic mass is 10.0. The van der Waals surface area contributed by atoms with E-state index in [1.807, 2.05) is 0 Å². The summed E-state index contributed by atoms with van der Waals surface area (Å²) < 4.78 is 46.9. The summed E-state index contributed by atoms with van der Waals surface area (Å²) in [6, 6.07) is 2.24. The lowest BCUT2D eigenvalue weighted by Gasteiger charge is -2.14. The topological polar surface area (TPSA) is 88.1 Å². The van der Waals surface area contributed by atoms with Crippen LogP contribution in [0, 0.1) is 5.82 Å². The minimum atomic E-state index is -3.79. The van der Waals surface area contributed by atoms with Crippen molar-refractivity contribution < 1.29 is 37.1 Å². The molecule has 1 aliphatic heterocycles. The summed E-state index contributed by atoms with van der Waals surface area (Å²) in [5.74, 6) is -1.89. The molecule has 136 valence electrons. The molecule has 0 N–H and O–H groups in total. The van der Waals surface area contributed by atoms with Crippen LogP contribution in [0.5, 0.6) is 0 Å². The molecule has 0 radical (unpaired) electrons. The highest BCUT2D eigenvalue weighted by molar-refractivity contribution is 7.62. The molecule has 1 heterocycles. The fourth-order valence-corrected chi connectivity index (χ4v) is 4.62. The predicted octanol–water partition coefficient (Wildman–Crippen LogP) is 2.50. The molecule has 0 saturated carbocycles. The average molecular weight is 372 g/mol. The number of hydrogen-bond donors (Lipinski definition) is 0. The van der Waals surface area contributed by atoms with Crippen LogP contribution in [-0.2, 0) is 32.7 Å². The third-order valence-electron chi connectivity index (χ3n) is 3.50. The number of fused-ring (bicyclic) bond motifs is 1. The molecular weight excluding hydrogens is 354 g/mol. The number of carbonyl (C=O) groups excluding carboxylic acids is 2. The minimum Gasteiger partial charge on any atom is -0.469 e. The number of ether oxygens (including phenoxy) is 2. The number of hydrogen-bond acceptors (Lipinski definition) is 7. The van der Waals surface area contributed by atoms with E-state index in [9.17, 15) is 18.5 Å². The van der Waals surface area contributed by atoms with Gasteiger partial charge < -0.3 is 14.0 Å². The largest absolute Gasteiger partial charge is 0.469 e. The maximum atomic E-state index is 14.0. The molecular formula is C16H18FO7P. The Hall–Kier alpha value is -2.02. The molecule has 0 saturated heterocycles. The van der Waals surface area contributed by atoms with Crippen LogP contribution in [0.4, 0.5) is 4.39 Å². The van der Waals surface area contributed by atoms with Crippen LogP contribution in [0.15, 0.2) is 18.2 Å². The van der Waals surface area contributed by atoms with Crippen molar-refractivity contribution in [3.05, 3.63) is 35.2 Å². The first-order valence-electron chi connectivity index (χ1n) is 7.44. The van der Waals surface area contributed by atoms with Gasteiger partial charge in [-0.25, -0.2) is 9.18 Å². The fraction of sp³-hybridized carbons (Fsp3) is 0.375. The molecule has 0 amide bonds. The normalized spacial score (nSPS) is 22.0. The Labute approximate surface area is 144 Å². The average Bonchev–Trinajstić information content (AvgIpc) is 2.84. The molecule has 25 heavy (non-hydrogen) atoms. The molecule has 7 nitrogen and oxygen atoms in total. The van der Waals surface area contributed by atoms with Gasteiger partial charge in [-0.2, -0.15) is 0 Å². The molecule has 2 atom stereocenters. The van der Waals surface area contributed by atoms with Gasteiger partial charge in [0.2, 0.25) is 0 Å².